The largest absolute Gasteiger partial charge is 0.333 e. The van der Waals surface area contributed by atoms with E-state index in [1.165, 1.54) is 11.0 Å². The number of pyridine rings is 1. The van der Waals surface area contributed by atoms with E-state index in [0.717, 1.165) is 0 Å². The number of amides is 1. The van der Waals surface area contributed by atoms with Crippen molar-refractivity contribution in [3.8, 4) is 0 Å². The topological polar surface area (TPSA) is 33.2 Å². The minimum absolute atomic E-state index is 0.256. The van der Waals surface area contributed by atoms with Crippen LogP contribution < -0.4 is 0 Å². The molecule has 1 amide bonds. The fourth-order valence-corrected chi connectivity index (χ4v) is 2.33. The zero-order valence-corrected chi connectivity index (χ0v) is 12.8. The summed E-state index contributed by atoms with van der Waals surface area (Å²) in [6.45, 7) is 1.78. The molecule has 0 saturated heterocycles. The average Bonchev–Trinajstić information content (AvgIpc) is 2.46. The normalized spacial score (nSPS) is 12.0. The van der Waals surface area contributed by atoms with Gasteiger partial charge in [0.05, 0.1) is 6.04 Å². The van der Waals surface area contributed by atoms with E-state index in [1.54, 1.807) is 50.5 Å². The third kappa shape index (κ3) is 2.88. The summed E-state index contributed by atoms with van der Waals surface area (Å²) in [6, 6.07) is 9.56. The molecule has 1 unspecified atom stereocenters. The van der Waals surface area contributed by atoms with Gasteiger partial charge < -0.3 is 4.90 Å². The maximum atomic E-state index is 13.8. The molecule has 0 aliphatic carbocycles. The lowest BCUT2D eigenvalue weighted by atomic mass is 10.1. The van der Waals surface area contributed by atoms with Gasteiger partial charge in [-0.25, -0.2) is 9.37 Å². The second-order valence-electron chi connectivity index (χ2n) is 4.45. The van der Waals surface area contributed by atoms with Crippen LogP contribution in [0.4, 0.5) is 4.39 Å². The van der Waals surface area contributed by atoms with E-state index in [2.05, 4.69) is 20.9 Å². The molecule has 0 N–H and O–H groups in total. The molecule has 104 valence electrons. The van der Waals surface area contributed by atoms with E-state index in [9.17, 15) is 9.18 Å². The number of aromatic nitrogens is 1. The van der Waals surface area contributed by atoms with Gasteiger partial charge in [-0.05, 0) is 41.1 Å². The smallest absolute Gasteiger partial charge is 0.273 e. The van der Waals surface area contributed by atoms with E-state index in [0.29, 0.717) is 15.7 Å². The molecule has 0 radical (unpaired) electrons. The first-order valence-electron chi connectivity index (χ1n) is 6.14. The van der Waals surface area contributed by atoms with Crippen molar-refractivity contribution < 1.29 is 9.18 Å². The quantitative estimate of drug-likeness (QED) is 0.853. The Kier molecular flexibility index (Phi) is 4.49. The maximum absolute atomic E-state index is 13.8. The van der Waals surface area contributed by atoms with Crippen LogP contribution in [0.2, 0.25) is 0 Å². The Bertz CT molecular complexity index is 633. The molecular formula is C15H14BrFN2O. The number of carbonyl (C=O) groups is 1. The molecule has 0 spiro atoms. The molecule has 0 aliphatic heterocycles. The summed E-state index contributed by atoms with van der Waals surface area (Å²) < 4.78 is 14.4. The second kappa shape index (κ2) is 6.13. The summed E-state index contributed by atoms with van der Waals surface area (Å²) in [5.74, 6) is -0.576. The number of carbonyl (C=O) groups excluding carboxylic acids is 1. The highest BCUT2D eigenvalue weighted by Gasteiger charge is 2.23. The Morgan fingerprint density at radius 2 is 2.00 bits per heavy atom. The van der Waals surface area contributed by atoms with Gasteiger partial charge in [-0.15, -0.1) is 0 Å². The highest BCUT2D eigenvalue weighted by Crippen LogP contribution is 2.24. The van der Waals surface area contributed by atoms with Crippen molar-refractivity contribution in [3.63, 3.8) is 0 Å². The summed E-state index contributed by atoms with van der Waals surface area (Å²) in [7, 11) is 1.64. The molecule has 1 heterocycles. The van der Waals surface area contributed by atoms with Gasteiger partial charge in [-0.2, -0.15) is 0 Å². The van der Waals surface area contributed by atoms with Gasteiger partial charge in [0.25, 0.3) is 5.91 Å². The fourth-order valence-electron chi connectivity index (χ4n) is 1.91. The molecular weight excluding hydrogens is 323 g/mol. The lowest BCUT2D eigenvalue weighted by Crippen LogP contribution is -2.31. The highest BCUT2D eigenvalue weighted by atomic mass is 79.9. The molecule has 0 saturated carbocycles. The lowest BCUT2D eigenvalue weighted by molar-refractivity contribution is 0.0733. The first-order chi connectivity index (χ1) is 9.52. The first kappa shape index (κ1) is 14.7. The van der Waals surface area contributed by atoms with Crippen LogP contribution in [0.15, 0.2) is 47.1 Å². The van der Waals surface area contributed by atoms with Gasteiger partial charge in [0.2, 0.25) is 0 Å². The molecule has 2 rings (SSSR count). The van der Waals surface area contributed by atoms with Gasteiger partial charge in [-0.3, -0.25) is 4.79 Å². The van der Waals surface area contributed by atoms with Crippen molar-refractivity contribution >= 4 is 21.8 Å². The molecule has 1 aromatic carbocycles. The highest BCUT2D eigenvalue weighted by molar-refractivity contribution is 9.10. The summed E-state index contributed by atoms with van der Waals surface area (Å²) in [6.07, 6.45) is 1.56. The number of hydrogen-bond donors (Lipinski definition) is 0. The van der Waals surface area contributed by atoms with Gasteiger partial charge in [-0.1, -0.05) is 18.2 Å². The van der Waals surface area contributed by atoms with E-state index in [1.807, 2.05) is 0 Å². The van der Waals surface area contributed by atoms with Crippen LogP contribution in [0.25, 0.3) is 0 Å². The third-order valence-corrected chi connectivity index (χ3v) is 3.86. The monoisotopic (exact) mass is 336 g/mol. The van der Waals surface area contributed by atoms with Crippen LogP contribution in [-0.4, -0.2) is 22.8 Å². The van der Waals surface area contributed by atoms with Crippen LogP contribution in [0.1, 0.15) is 29.0 Å². The zero-order chi connectivity index (χ0) is 14.7. The summed E-state index contributed by atoms with van der Waals surface area (Å²) in [5, 5.41) is 0. The van der Waals surface area contributed by atoms with Crippen LogP contribution in [-0.2, 0) is 0 Å². The Morgan fingerprint density at radius 3 is 2.65 bits per heavy atom. The summed E-state index contributed by atoms with van der Waals surface area (Å²) >= 11 is 3.30. The van der Waals surface area contributed by atoms with Crippen molar-refractivity contribution in [2.24, 2.45) is 0 Å². The Morgan fingerprint density at radius 1 is 1.30 bits per heavy atom. The Hall–Kier alpha value is -1.75. The van der Waals surface area contributed by atoms with E-state index in [4.69, 9.17) is 0 Å². The number of nitrogens with zero attached hydrogens (tertiary/aromatic N) is 2. The first-order valence-corrected chi connectivity index (χ1v) is 6.93. The third-order valence-electron chi connectivity index (χ3n) is 3.22. The summed E-state index contributed by atoms with van der Waals surface area (Å²) in [4.78, 5) is 17.9. The standard InChI is InChI=1S/C15H14BrFN2O/c1-10(11-6-3-4-8-13(11)17)19(2)15(20)14-12(16)7-5-9-18-14/h3-10H,1-2H3. The molecule has 1 aromatic heterocycles. The number of hydrogen-bond acceptors (Lipinski definition) is 2. The molecule has 0 aliphatic rings. The van der Waals surface area contributed by atoms with Gasteiger partial charge in [0, 0.05) is 23.3 Å². The minimum Gasteiger partial charge on any atom is -0.333 e. The van der Waals surface area contributed by atoms with E-state index < -0.39 is 0 Å². The van der Waals surface area contributed by atoms with Crippen molar-refractivity contribution in [2.45, 2.75) is 13.0 Å². The van der Waals surface area contributed by atoms with Crippen LogP contribution in [0.5, 0.6) is 0 Å². The molecule has 2 aromatic rings. The molecule has 0 bridgehead atoms. The Labute approximate surface area is 125 Å². The molecule has 0 fully saturated rings. The number of rotatable bonds is 3. The molecule has 5 heteroatoms. The maximum Gasteiger partial charge on any atom is 0.273 e. The van der Waals surface area contributed by atoms with Crippen molar-refractivity contribution in [1.82, 2.24) is 9.88 Å². The predicted molar refractivity (Wildman–Crippen MR) is 78.8 cm³/mol. The van der Waals surface area contributed by atoms with Crippen molar-refractivity contribution in [3.05, 3.63) is 64.1 Å². The number of halogens is 2. The second-order valence-corrected chi connectivity index (χ2v) is 5.30. The number of benzene rings is 1. The van der Waals surface area contributed by atoms with Crippen LogP contribution in [0, 0.1) is 5.82 Å². The zero-order valence-electron chi connectivity index (χ0n) is 11.2. The predicted octanol–water partition coefficient (Wildman–Crippen LogP) is 3.82. The van der Waals surface area contributed by atoms with Crippen LogP contribution in [0.3, 0.4) is 0 Å². The lowest BCUT2D eigenvalue weighted by Gasteiger charge is -2.25. The van der Waals surface area contributed by atoms with Crippen LogP contribution >= 0.6 is 15.9 Å². The van der Waals surface area contributed by atoms with E-state index in [-0.39, 0.29) is 17.8 Å². The SMILES string of the molecule is CC(c1ccccc1F)N(C)C(=O)c1ncccc1Br. The average molecular weight is 337 g/mol. The van der Waals surface area contributed by atoms with Crippen molar-refractivity contribution in [2.75, 3.05) is 7.05 Å². The van der Waals surface area contributed by atoms with Crippen molar-refractivity contribution in [1.29, 1.82) is 0 Å². The van der Waals surface area contributed by atoms with Gasteiger partial charge in [0.1, 0.15) is 11.5 Å². The summed E-state index contributed by atoms with van der Waals surface area (Å²) in [5.41, 5.74) is 0.800. The Balaban J connectivity index is 2.28. The molecule has 20 heavy (non-hydrogen) atoms. The van der Waals surface area contributed by atoms with E-state index >= 15 is 0 Å². The fraction of sp³-hybridized carbons (Fsp3) is 0.200. The minimum atomic E-state index is -0.377. The van der Waals surface area contributed by atoms with Gasteiger partial charge >= 0.3 is 0 Å². The molecule has 1 atom stereocenters. The molecule has 3 nitrogen and oxygen atoms in total. The van der Waals surface area contributed by atoms with Gasteiger partial charge in [0.15, 0.2) is 0 Å².